The van der Waals surface area contributed by atoms with E-state index < -0.39 is 11.8 Å². The molecule has 2 amide bonds. The maximum absolute atomic E-state index is 14.4. The fourth-order valence-corrected chi connectivity index (χ4v) is 3.74. The van der Waals surface area contributed by atoms with Crippen molar-refractivity contribution < 1.29 is 14.0 Å². The topological polar surface area (TPSA) is 79.0 Å². The van der Waals surface area contributed by atoms with Crippen LogP contribution in [-0.4, -0.2) is 33.0 Å². The van der Waals surface area contributed by atoms with Gasteiger partial charge in [-0.15, -0.1) is 0 Å². The molecular formula is C26H21FN4O2. The maximum Gasteiger partial charge on any atom is 0.271 e. The number of aromatic nitrogens is 2. The van der Waals surface area contributed by atoms with Crippen molar-refractivity contribution >= 4 is 17.9 Å². The van der Waals surface area contributed by atoms with Gasteiger partial charge in [-0.2, -0.15) is 10.4 Å². The summed E-state index contributed by atoms with van der Waals surface area (Å²) in [5.74, 6) is -1.44. The zero-order valence-electron chi connectivity index (χ0n) is 18.5. The molecule has 1 aromatic heterocycles. The first kappa shape index (κ1) is 21.9. The van der Waals surface area contributed by atoms with Crippen LogP contribution < -0.4 is 0 Å². The standard InChI is InChI=1S/C26H21FN4O2/c1-4-30-25(32)21(17(3)22(14-28)26(30)33)12-19-15-31(20-8-6-5-7-9-20)29-24(19)18-11-10-16(2)23(27)13-18/h5-13,15H,4H2,1-3H3/b21-12-. The second-order valence-electron chi connectivity index (χ2n) is 7.70. The Morgan fingerprint density at radius 1 is 1.09 bits per heavy atom. The summed E-state index contributed by atoms with van der Waals surface area (Å²) >= 11 is 0. The van der Waals surface area contributed by atoms with Crippen molar-refractivity contribution in [3.05, 3.63) is 88.4 Å². The fourth-order valence-electron chi connectivity index (χ4n) is 3.74. The zero-order chi connectivity index (χ0) is 23.7. The number of carbonyl (C=O) groups is 2. The predicted octanol–water partition coefficient (Wildman–Crippen LogP) is 4.60. The minimum atomic E-state index is -0.597. The summed E-state index contributed by atoms with van der Waals surface area (Å²) in [6.45, 7) is 5.09. The summed E-state index contributed by atoms with van der Waals surface area (Å²) in [5, 5.41) is 14.2. The lowest BCUT2D eigenvalue weighted by Crippen LogP contribution is -2.42. The number of carbonyl (C=O) groups excluding carboxylic acids is 2. The molecule has 0 spiro atoms. The van der Waals surface area contributed by atoms with Gasteiger partial charge in [0.05, 0.1) is 5.69 Å². The Morgan fingerprint density at radius 2 is 1.82 bits per heavy atom. The second-order valence-corrected chi connectivity index (χ2v) is 7.70. The first-order chi connectivity index (χ1) is 15.8. The quantitative estimate of drug-likeness (QED) is 0.439. The average molecular weight is 440 g/mol. The minimum absolute atomic E-state index is 0.0684. The van der Waals surface area contributed by atoms with Gasteiger partial charge in [-0.3, -0.25) is 14.5 Å². The number of hydrogen-bond acceptors (Lipinski definition) is 4. The van der Waals surface area contributed by atoms with Gasteiger partial charge in [0.1, 0.15) is 23.2 Å². The predicted molar refractivity (Wildman–Crippen MR) is 122 cm³/mol. The molecule has 0 saturated heterocycles. The van der Waals surface area contributed by atoms with Gasteiger partial charge in [0.15, 0.2) is 0 Å². The molecule has 0 unspecified atom stereocenters. The van der Waals surface area contributed by atoms with Crippen molar-refractivity contribution in [1.82, 2.24) is 14.7 Å². The van der Waals surface area contributed by atoms with Gasteiger partial charge >= 0.3 is 0 Å². The molecule has 7 heteroatoms. The average Bonchev–Trinajstić information content (AvgIpc) is 3.24. The third kappa shape index (κ3) is 3.87. The Labute approximate surface area is 190 Å². The van der Waals surface area contributed by atoms with E-state index in [1.54, 1.807) is 49.9 Å². The van der Waals surface area contributed by atoms with Crippen molar-refractivity contribution in [2.24, 2.45) is 0 Å². The van der Waals surface area contributed by atoms with Crippen molar-refractivity contribution in [3.8, 4) is 23.0 Å². The third-order valence-electron chi connectivity index (χ3n) is 5.65. The molecule has 0 fully saturated rings. The maximum atomic E-state index is 14.4. The van der Waals surface area contributed by atoms with Crippen LogP contribution in [0.1, 0.15) is 25.0 Å². The molecule has 0 atom stereocenters. The van der Waals surface area contributed by atoms with Crippen LogP contribution in [0.2, 0.25) is 0 Å². The highest BCUT2D eigenvalue weighted by atomic mass is 19.1. The molecule has 6 nitrogen and oxygen atoms in total. The van der Waals surface area contributed by atoms with Gasteiger partial charge in [0, 0.05) is 29.4 Å². The van der Waals surface area contributed by atoms with Crippen LogP contribution in [0.15, 0.2) is 71.4 Å². The summed E-state index contributed by atoms with van der Waals surface area (Å²) in [7, 11) is 0. The number of para-hydroxylation sites is 1. The number of rotatable bonds is 4. The summed E-state index contributed by atoms with van der Waals surface area (Å²) in [4.78, 5) is 26.6. The third-order valence-corrected chi connectivity index (χ3v) is 5.65. The smallest absolute Gasteiger partial charge is 0.271 e. The van der Waals surface area contributed by atoms with Crippen molar-refractivity contribution in [3.63, 3.8) is 0 Å². The molecule has 3 aromatic rings. The lowest BCUT2D eigenvalue weighted by Gasteiger charge is -2.26. The monoisotopic (exact) mass is 440 g/mol. The first-order valence-electron chi connectivity index (χ1n) is 10.5. The zero-order valence-corrected chi connectivity index (χ0v) is 18.5. The molecule has 1 aliphatic rings. The molecule has 0 N–H and O–H groups in total. The number of nitrogens with zero attached hydrogens (tertiary/aromatic N) is 4. The largest absolute Gasteiger partial charge is 0.274 e. The Bertz CT molecular complexity index is 1380. The normalized spacial score (nSPS) is 15.4. The van der Waals surface area contributed by atoms with E-state index in [9.17, 15) is 19.2 Å². The Morgan fingerprint density at radius 3 is 2.45 bits per heavy atom. The van der Waals surface area contributed by atoms with Crippen LogP contribution >= 0.6 is 0 Å². The lowest BCUT2D eigenvalue weighted by molar-refractivity contribution is -0.140. The number of likely N-dealkylation sites (N-methyl/N-ethyl adjacent to an activating group) is 1. The van der Waals surface area contributed by atoms with Crippen molar-refractivity contribution in [2.75, 3.05) is 6.54 Å². The van der Waals surface area contributed by atoms with E-state index in [-0.39, 0.29) is 23.5 Å². The van der Waals surface area contributed by atoms with Crippen LogP contribution in [0.4, 0.5) is 4.39 Å². The van der Waals surface area contributed by atoms with Crippen LogP contribution in [0.5, 0.6) is 0 Å². The SMILES string of the molecule is CCN1C(=O)C(C#N)=C(C)/C(=C/c2cn(-c3ccccc3)nc2-c2ccc(C)c(F)c2)C1=O. The molecule has 0 aliphatic carbocycles. The summed E-state index contributed by atoms with van der Waals surface area (Å²) in [6.07, 6.45) is 3.36. The van der Waals surface area contributed by atoms with E-state index in [2.05, 4.69) is 5.10 Å². The number of aryl methyl sites for hydroxylation is 1. The highest BCUT2D eigenvalue weighted by molar-refractivity contribution is 6.19. The minimum Gasteiger partial charge on any atom is -0.274 e. The number of hydrogen-bond donors (Lipinski definition) is 0. The van der Waals surface area contributed by atoms with Gasteiger partial charge in [-0.05, 0) is 56.2 Å². The van der Waals surface area contributed by atoms with Crippen LogP contribution in [0.3, 0.4) is 0 Å². The Balaban J connectivity index is 1.95. The van der Waals surface area contributed by atoms with Crippen molar-refractivity contribution in [2.45, 2.75) is 20.8 Å². The molecule has 33 heavy (non-hydrogen) atoms. The molecule has 2 heterocycles. The molecule has 0 bridgehead atoms. The molecule has 0 saturated carbocycles. The van der Waals surface area contributed by atoms with Gasteiger partial charge in [0.25, 0.3) is 11.8 Å². The number of imide groups is 1. The molecule has 164 valence electrons. The Kier molecular flexibility index (Phi) is 5.76. The fraction of sp³-hybridized carbons (Fsp3) is 0.154. The van der Waals surface area contributed by atoms with Crippen LogP contribution in [-0.2, 0) is 9.59 Å². The summed E-state index contributed by atoms with van der Waals surface area (Å²) in [5.41, 5.74) is 3.37. The summed E-state index contributed by atoms with van der Waals surface area (Å²) in [6, 6.07) is 16.2. The number of amides is 2. The van der Waals surface area contributed by atoms with Crippen LogP contribution in [0, 0.1) is 24.1 Å². The molecule has 0 radical (unpaired) electrons. The Hall–Kier alpha value is -4.31. The number of benzene rings is 2. The van der Waals surface area contributed by atoms with Gasteiger partial charge in [0.2, 0.25) is 0 Å². The van der Waals surface area contributed by atoms with Crippen LogP contribution in [0.25, 0.3) is 23.0 Å². The molecule has 4 rings (SSSR count). The summed E-state index contributed by atoms with van der Waals surface area (Å²) < 4.78 is 16.0. The van der Waals surface area contributed by atoms with E-state index in [0.29, 0.717) is 28.0 Å². The number of nitriles is 1. The first-order valence-corrected chi connectivity index (χ1v) is 10.5. The van der Waals surface area contributed by atoms with E-state index in [1.807, 2.05) is 36.4 Å². The van der Waals surface area contributed by atoms with Gasteiger partial charge < -0.3 is 0 Å². The van der Waals surface area contributed by atoms with E-state index >= 15 is 0 Å². The highest BCUT2D eigenvalue weighted by Crippen LogP contribution is 2.31. The number of halogens is 1. The van der Waals surface area contributed by atoms with Gasteiger partial charge in [-0.1, -0.05) is 30.3 Å². The molecule has 1 aliphatic heterocycles. The molecule has 2 aromatic carbocycles. The van der Waals surface area contributed by atoms with E-state index in [0.717, 1.165) is 10.6 Å². The highest BCUT2D eigenvalue weighted by Gasteiger charge is 2.34. The second kappa shape index (κ2) is 8.67. The lowest BCUT2D eigenvalue weighted by atomic mass is 9.93. The van der Waals surface area contributed by atoms with E-state index in [4.69, 9.17) is 0 Å². The van der Waals surface area contributed by atoms with Gasteiger partial charge in [-0.25, -0.2) is 9.07 Å². The molecular weight excluding hydrogens is 419 g/mol. The van der Waals surface area contributed by atoms with Crippen molar-refractivity contribution in [1.29, 1.82) is 5.26 Å². The van der Waals surface area contributed by atoms with E-state index in [1.165, 1.54) is 6.07 Å².